The van der Waals surface area contributed by atoms with Crippen LogP contribution in [0.15, 0.2) is 65.8 Å². The highest BCUT2D eigenvalue weighted by Crippen LogP contribution is 2.18. The first kappa shape index (κ1) is 25.6. The second-order valence-electron chi connectivity index (χ2n) is 6.49. The number of pyridine rings is 1. The third-order valence-corrected chi connectivity index (χ3v) is 6.07. The monoisotopic (exact) mass is 475 g/mol. The molecule has 1 atom stereocenters. The molecule has 0 bridgehead atoms. The lowest BCUT2D eigenvalue weighted by atomic mass is 10.1. The molecule has 0 aliphatic heterocycles. The van der Waals surface area contributed by atoms with E-state index >= 15 is 0 Å². The largest absolute Gasteiger partial charge is 0.315 e. The lowest BCUT2D eigenvalue weighted by Gasteiger charge is -2.15. The van der Waals surface area contributed by atoms with Crippen molar-refractivity contribution >= 4 is 57.2 Å². The van der Waals surface area contributed by atoms with Gasteiger partial charge in [0.05, 0.1) is 4.90 Å². The Morgan fingerprint density at radius 3 is 2.48 bits per heavy atom. The first-order valence-electron chi connectivity index (χ1n) is 8.75. The van der Waals surface area contributed by atoms with E-state index in [1.165, 1.54) is 5.56 Å². The van der Waals surface area contributed by atoms with Gasteiger partial charge in [-0.2, -0.15) is 0 Å². The Kier molecular flexibility index (Phi) is 10.3. The highest BCUT2D eigenvalue weighted by atomic mass is 35.5. The molecule has 158 valence electrons. The summed E-state index contributed by atoms with van der Waals surface area (Å²) in [4.78, 5) is 4.30. The molecule has 0 aliphatic rings. The van der Waals surface area contributed by atoms with Gasteiger partial charge in [-0.1, -0.05) is 29.8 Å². The molecule has 0 amide bonds. The number of aromatic nitrogens is 1. The molecule has 3 aromatic rings. The molecular weight excluding hydrogens is 453 g/mol. The number of rotatable bonds is 8. The van der Waals surface area contributed by atoms with Crippen LogP contribution in [0.4, 0.5) is 0 Å². The standard InChI is InChI=1S/C20H22ClN3O2S.2ClH/c1-15(13-22-10-8-16-2-5-19(21)6-3-16)24-27(25,26)20-7-4-18-14-23-11-9-17(18)12-20;;/h2-7,9,11-12,14-15,22,24H,8,10,13H2,1H3;2*1H/t15-;;/m1../s1. The molecule has 0 saturated heterocycles. The highest BCUT2D eigenvalue weighted by Gasteiger charge is 2.17. The quantitative estimate of drug-likeness (QED) is 0.477. The Balaban J connectivity index is 0.00000210. The van der Waals surface area contributed by atoms with Crippen LogP contribution in [0.25, 0.3) is 10.8 Å². The van der Waals surface area contributed by atoms with Crippen molar-refractivity contribution in [1.82, 2.24) is 15.0 Å². The molecule has 0 spiro atoms. The first-order chi connectivity index (χ1) is 12.9. The molecule has 0 aliphatic carbocycles. The summed E-state index contributed by atoms with van der Waals surface area (Å²) >= 11 is 5.87. The minimum absolute atomic E-state index is 0. The Hall–Kier alpha value is -1.41. The zero-order chi connectivity index (χ0) is 19.3. The van der Waals surface area contributed by atoms with Gasteiger partial charge in [0.15, 0.2) is 0 Å². The summed E-state index contributed by atoms with van der Waals surface area (Å²) in [6, 6.07) is 14.3. The fourth-order valence-electron chi connectivity index (χ4n) is 2.81. The average Bonchev–Trinajstić information content (AvgIpc) is 2.66. The Labute approximate surface area is 189 Å². The molecule has 2 N–H and O–H groups in total. The predicted molar refractivity (Wildman–Crippen MR) is 124 cm³/mol. The van der Waals surface area contributed by atoms with Gasteiger partial charge in [-0.05, 0) is 61.2 Å². The van der Waals surface area contributed by atoms with Crippen molar-refractivity contribution in [1.29, 1.82) is 0 Å². The van der Waals surface area contributed by atoms with Gasteiger partial charge in [0.25, 0.3) is 0 Å². The highest BCUT2D eigenvalue weighted by molar-refractivity contribution is 7.89. The van der Waals surface area contributed by atoms with Gasteiger partial charge >= 0.3 is 0 Å². The molecule has 3 rings (SSSR count). The zero-order valence-electron chi connectivity index (χ0n) is 15.8. The lowest BCUT2D eigenvalue weighted by Crippen LogP contribution is -2.40. The van der Waals surface area contributed by atoms with Gasteiger partial charge in [-0.3, -0.25) is 4.98 Å². The van der Waals surface area contributed by atoms with Crippen molar-refractivity contribution in [3.05, 3.63) is 71.5 Å². The summed E-state index contributed by atoms with van der Waals surface area (Å²) in [5.74, 6) is 0. The minimum Gasteiger partial charge on any atom is -0.315 e. The van der Waals surface area contributed by atoms with E-state index in [4.69, 9.17) is 11.6 Å². The van der Waals surface area contributed by atoms with E-state index in [0.717, 1.165) is 28.8 Å². The maximum Gasteiger partial charge on any atom is 0.240 e. The van der Waals surface area contributed by atoms with Crippen LogP contribution in [0.5, 0.6) is 0 Å². The van der Waals surface area contributed by atoms with Crippen LogP contribution in [-0.4, -0.2) is 32.5 Å². The van der Waals surface area contributed by atoms with Crippen LogP contribution >= 0.6 is 36.4 Å². The molecule has 1 heterocycles. The van der Waals surface area contributed by atoms with E-state index in [-0.39, 0.29) is 35.8 Å². The number of nitrogens with zero attached hydrogens (tertiary/aromatic N) is 1. The van der Waals surface area contributed by atoms with Crippen LogP contribution in [0.1, 0.15) is 12.5 Å². The summed E-state index contributed by atoms with van der Waals surface area (Å²) in [6.07, 6.45) is 4.22. The summed E-state index contributed by atoms with van der Waals surface area (Å²) in [7, 11) is -3.57. The summed E-state index contributed by atoms with van der Waals surface area (Å²) < 4.78 is 27.9. The number of hydrogen-bond donors (Lipinski definition) is 2. The topological polar surface area (TPSA) is 71.1 Å². The first-order valence-corrected chi connectivity index (χ1v) is 10.6. The summed E-state index contributed by atoms with van der Waals surface area (Å²) in [5.41, 5.74) is 1.19. The lowest BCUT2D eigenvalue weighted by molar-refractivity contribution is 0.537. The van der Waals surface area contributed by atoms with Gasteiger partial charge in [0.1, 0.15) is 0 Å². The Morgan fingerprint density at radius 1 is 1.03 bits per heavy atom. The van der Waals surface area contributed by atoms with E-state index in [1.54, 1.807) is 36.7 Å². The molecule has 0 unspecified atom stereocenters. The predicted octanol–water partition coefficient (Wildman–Crippen LogP) is 4.23. The van der Waals surface area contributed by atoms with Crippen molar-refractivity contribution in [3.8, 4) is 0 Å². The number of benzene rings is 2. The van der Waals surface area contributed by atoms with Crippen molar-refractivity contribution in [2.45, 2.75) is 24.3 Å². The third-order valence-electron chi connectivity index (χ3n) is 4.23. The second-order valence-corrected chi connectivity index (χ2v) is 8.64. The van der Waals surface area contributed by atoms with Crippen molar-refractivity contribution in [3.63, 3.8) is 0 Å². The van der Waals surface area contributed by atoms with Gasteiger partial charge in [0, 0.05) is 35.4 Å². The fraction of sp³-hybridized carbons (Fsp3) is 0.250. The number of nitrogens with one attached hydrogen (secondary N) is 2. The van der Waals surface area contributed by atoms with E-state index in [9.17, 15) is 8.42 Å². The van der Waals surface area contributed by atoms with Gasteiger partial charge in [0.2, 0.25) is 10.0 Å². The van der Waals surface area contributed by atoms with Crippen LogP contribution < -0.4 is 10.0 Å². The molecule has 29 heavy (non-hydrogen) atoms. The normalized spacial score (nSPS) is 12.1. The van der Waals surface area contributed by atoms with E-state index in [0.29, 0.717) is 6.54 Å². The SMILES string of the molecule is C[C@H](CNCCc1ccc(Cl)cc1)NS(=O)(=O)c1ccc2cnccc2c1.Cl.Cl. The van der Waals surface area contributed by atoms with Crippen LogP contribution in [0.3, 0.4) is 0 Å². The summed E-state index contributed by atoms with van der Waals surface area (Å²) in [6.45, 7) is 3.15. The van der Waals surface area contributed by atoms with Gasteiger partial charge in [-0.25, -0.2) is 13.1 Å². The molecule has 0 saturated carbocycles. The third kappa shape index (κ3) is 7.41. The van der Waals surface area contributed by atoms with Crippen LogP contribution in [0, 0.1) is 0 Å². The maximum atomic E-state index is 12.6. The number of sulfonamides is 1. The van der Waals surface area contributed by atoms with Crippen molar-refractivity contribution in [2.75, 3.05) is 13.1 Å². The fourth-order valence-corrected chi connectivity index (χ4v) is 4.21. The molecule has 1 aromatic heterocycles. The molecule has 5 nitrogen and oxygen atoms in total. The number of halogens is 3. The molecule has 0 radical (unpaired) electrons. The summed E-state index contributed by atoms with van der Waals surface area (Å²) in [5, 5.41) is 5.76. The molecule has 9 heteroatoms. The van der Waals surface area contributed by atoms with Crippen LogP contribution in [0.2, 0.25) is 5.02 Å². The van der Waals surface area contributed by atoms with Gasteiger partial charge in [-0.15, -0.1) is 24.8 Å². The Bertz CT molecular complexity index is 1010. The maximum absolute atomic E-state index is 12.6. The van der Waals surface area contributed by atoms with Crippen molar-refractivity contribution in [2.24, 2.45) is 0 Å². The zero-order valence-corrected chi connectivity index (χ0v) is 19.0. The van der Waals surface area contributed by atoms with Crippen molar-refractivity contribution < 1.29 is 8.42 Å². The van der Waals surface area contributed by atoms with E-state index in [1.807, 2.05) is 31.2 Å². The van der Waals surface area contributed by atoms with E-state index < -0.39 is 10.0 Å². The molecule has 0 fully saturated rings. The van der Waals surface area contributed by atoms with Gasteiger partial charge < -0.3 is 5.32 Å². The van der Waals surface area contributed by atoms with E-state index in [2.05, 4.69) is 15.0 Å². The number of hydrogen-bond acceptors (Lipinski definition) is 4. The average molecular weight is 477 g/mol. The van der Waals surface area contributed by atoms with Crippen LogP contribution in [-0.2, 0) is 16.4 Å². The molecule has 2 aromatic carbocycles. The Morgan fingerprint density at radius 2 is 1.76 bits per heavy atom. The smallest absolute Gasteiger partial charge is 0.240 e. The molecular formula is C20H24Cl3N3O2S. The second kappa shape index (κ2) is 11.7. The number of fused-ring (bicyclic) bond motifs is 1. The minimum atomic E-state index is -3.57.